The number of hydrogen-bond acceptors (Lipinski definition) is 3. The van der Waals surface area contributed by atoms with E-state index in [1.165, 1.54) is 0 Å². The second-order valence-electron chi connectivity index (χ2n) is 6.56. The predicted octanol–water partition coefficient (Wildman–Crippen LogP) is 3.39. The lowest BCUT2D eigenvalue weighted by atomic mass is 10.0. The fourth-order valence-corrected chi connectivity index (χ4v) is 3.26. The maximum atomic E-state index is 12.0. The second-order valence-corrected chi connectivity index (χ2v) is 7.00. The van der Waals surface area contributed by atoms with E-state index in [9.17, 15) is 9.59 Å². The van der Waals surface area contributed by atoms with Gasteiger partial charge in [-0.3, -0.25) is 14.6 Å². The number of likely N-dealkylation sites (tertiary alicyclic amines) is 1. The molecule has 0 atom stereocenters. The Kier molecular flexibility index (Phi) is 5.91. The molecule has 140 valence electrons. The van der Waals surface area contributed by atoms with E-state index in [0.29, 0.717) is 10.9 Å². The van der Waals surface area contributed by atoms with E-state index in [4.69, 9.17) is 11.6 Å². The number of fused-ring (bicyclic) bond motifs is 1. The molecule has 2 aromatic carbocycles. The van der Waals surface area contributed by atoms with Crippen LogP contribution in [-0.2, 0) is 9.59 Å². The van der Waals surface area contributed by atoms with Crippen molar-refractivity contribution in [1.82, 2.24) is 4.90 Å². The third-order valence-electron chi connectivity index (χ3n) is 4.68. The predicted molar refractivity (Wildman–Crippen MR) is 109 cm³/mol. The summed E-state index contributed by atoms with van der Waals surface area (Å²) < 4.78 is 0. The summed E-state index contributed by atoms with van der Waals surface area (Å²) in [4.78, 5) is 30.4. The largest absolute Gasteiger partial charge is 0.346 e. The lowest BCUT2D eigenvalue weighted by Crippen LogP contribution is -2.27. The van der Waals surface area contributed by atoms with Crippen LogP contribution >= 0.6 is 11.6 Å². The summed E-state index contributed by atoms with van der Waals surface area (Å²) in [5.41, 5.74) is 3.51. The minimum atomic E-state index is -0.0282. The molecule has 0 unspecified atom stereocenters. The number of anilines is 1. The van der Waals surface area contributed by atoms with Gasteiger partial charge in [0.15, 0.2) is 0 Å². The van der Waals surface area contributed by atoms with E-state index >= 15 is 0 Å². The maximum absolute atomic E-state index is 12.0. The molecule has 2 aliphatic rings. The van der Waals surface area contributed by atoms with E-state index in [-0.39, 0.29) is 12.5 Å². The van der Waals surface area contributed by atoms with Crippen molar-refractivity contribution < 1.29 is 9.59 Å². The third-order valence-corrected chi connectivity index (χ3v) is 4.91. The first-order valence-electron chi connectivity index (χ1n) is 8.87. The van der Waals surface area contributed by atoms with Crippen LogP contribution in [0.5, 0.6) is 0 Å². The van der Waals surface area contributed by atoms with Crippen molar-refractivity contribution in [3.63, 3.8) is 0 Å². The van der Waals surface area contributed by atoms with Crippen LogP contribution in [0.2, 0.25) is 5.02 Å². The fourth-order valence-electron chi connectivity index (χ4n) is 3.09. The summed E-state index contributed by atoms with van der Waals surface area (Å²) in [6, 6.07) is 15.3. The Labute approximate surface area is 164 Å². The van der Waals surface area contributed by atoms with Crippen molar-refractivity contribution in [2.45, 2.75) is 12.8 Å². The number of carbonyl (C=O) groups excluding carboxylic acids is 2. The van der Waals surface area contributed by atoms with Crippen molar-refractivity contribution in [2.75, 3.05) is 32.1 Å². The quantitative estimate of drug-likeness (QED) is 0.757. The molecule has 6 heteroatoms. The summed E-state index contributed by atoms with van der Waals surface area (Å²) in [7, 11) is 3.61. The number of aliphatic imine (C=N–C) groups is 1. The number of rotatable bonds is 1. The van der Waals surface area contributed by atoms with Crippen LogP contribution in [0, 0.1) is 0 Å². The van der Waals surface area contributed by atoms with Gasteiger partial charge in [0, 0.05) is 43.2 Å². The number of hydrogen-bond donors (Lipinski definition) is 0. The van der Waals surface area contributed by atoms with Crippen LogP contribution in [0.1, 0.15) is 24.0 Å². The molecule has 1 saturated heterocycles. The van der Waals surface area contributed by atoms with Crippen LogP contribution in [0.15, 0.2) is 53.5 Å². The first-order chi connectivity index (χ1) is 13.0. The van der Waals surface area contributed by atoms with Crippen molar-refractivity contribution in [2.24, 2.45) is 4.99 Å². The molecule has 0 N–H and O–H groups in total. The average Bonchev–Trinajstić information content (AvgIpc) is 3.00. The minimum absolute atomic E-state index is 0.0282. The number of nitrogens with zero attached hydrogens (tertiary/aromatic N) is 3. The molecular weight excluding hydrogens is 362 g/mol. The highest BCUT2D eigenvalue weighted by Crippen LogP contribution is 2.28. The van der Waals surface area contributed by atoms with Crippen molar-refractivity contribution in [3.05, 3.63) is 64.7 Å². The maximum Gasteiger partial charge on any atom is 0.248 e. The van der Waals surface area contributed by atoms with Crippen molar-refractivity contribution in [1.29, 1.82) is 0 Å². The number of amides is 2. The van der Waals surface area contributed by atoms with Crippen LogP contribution in [0.4, 0.5) is 5.69 Å². The van der Waals surface area contributed by atoms with Crippen LogP contribution < -0.4 is 4.90 Å². The smallest absolute Gasteiger partial charge is 0.248 e. The van der Waals surface area contributed by atoms with Gasteiger partial charge in [0.05, 0.1) is 11.4 Å². The Morgan fingerprint density at radius 3 is 2.33 bits per heavy atom. The molecule has 0 saturated carbocycles. The lowest BCUT2D eigenvalue weighted by Gasteiger charge is -2.18. The molecule has 5 nitrogen and oxygen atoms in total. The average molecular weight is 384 g/mol. The molecule has 0 aromatic heterocycles. The molecule has 1 fully saturated rings. The van der Waals surface area contributed by atoms with E-state index in [1.54, 1.807) is 22.9 Å². The SMILES string of the molecule is CN1C(=O)CN=C(c2ccccc2)c2cc(Cl)ccc21.CN1CCCC1=O. The van der Waals surface area contributed by atoms with Crippen LogP contribution in [0.25, 0.3) is 0 Å². The summed E-state index contributed by atoms with van der Waals surface area (Å²) >= 11 is 6.11. The molecule has 0 radical (unpaired) electrons. The Balaban J connectivity index is 0.000000253. The number of benzodiazepines with no additional fused rings is 1. The zero-order valence-corrected chi connectivity index (χ0v) is 16.2. The van der Waals surface area contributed by atoms with Crippen LogP contribution in [0.3, 0.4) is 0 Å². The molecule has 2 amide bonds. The highest BCUT2D eigenvalue weighted by molar-refractivity contribution is 6.32. The standard InChI is InChI=1S/C16H13ClN2O.C5H9NO/c1-19-14-8-7-12(17)9-13(14)16(18-10-15(19)20)11-5-3-2-4-6-11;1-6-4-2-3-5(6)7/h2-9H,10H2,1H3;2-4H2,1H3. The van der Waals surface area contributed by atoms with Gasteiger partial charge in [-0.15, -0.1) is 0 Å². The van der Waals surface area contributed by atoms with Gasteiger partial charge < -0.3 is 9.80 Å². The fraction of sp³-hybridized carbons (Fsp3) is 0.286. The first-order valence-corrected chi connectivity index (χ1v) is 9.25. The van der Waals surface area contributed by atoms with Gasteiger partial charge in [-0.25, -0.2) is 0 Å². The van der Waals surface area contributed by atoms with Gasteiger partial charge in [0.2, 0.25) is 11.8 Å². The molecule has 2 aliphatic heterocycles. The molecule has 2 heterocycles. The summed E-state index contributed by atoms with van der Waals surface area (Å²) in [6.45, 7) is 1.10. The van der Waals surface area contributed by atoms with E-state index in [2.05, 4.69) is 4.99 Å². The highest BCUT2D eigenvalue weighted by Gasteiger charge is 2.22. The van der Waals surface area contributed by atoms with E-state index in [0.717, 1.165) is 41.9 Å². The van der Waals surface area contributed by atoms with E-state index in [1.807, 2.05) is 49.5 Å². The normalized spacial score (nSPS) is 16.3. The van der Waals surface area contributed by atoms with Gasteiger partial charge in [-0.05, 0) is 24.6 Å². The number of likely N-dealkylation sites (N-methyl/N-ethyl adjacent to an activating group) is 1. The lowest BCUT2D eigenvalue weighted by molar-refractivity contribution is -0.126. The topological polar surface area (TPSA) is 53.0 Å². The van der Waals surface area contributed by atoms with Gasteiger partial charge >= 0.3 is 0 Å². The molecule has 0 aliphatic carbocycles. The Morgan fingerprint density at radius 1 is 1.00 bits per heavy atom. The molecule has 4 rings (SSSR count). The van der Waals surface area contributed by atoms with Crippen molar-refractivity contribution in [3.8, 4) is 0 Å². The number of halogens is 1. The Bertz CT molecular complexity index is 880. The molecule has 27 heavy (non-hydrogen) atoms. The second kappa shape index (κ2) is 8.35. The molecular formula is C21H22ClN3O2. The van der Waals surface area contributed by atoms with Gasteiger partial charge in [-0.1, -0.05) is 41.9 Å². The summed E-state index contributed by atoms with van der Waals surface area (Å²) in [6.07, 6.45) is 1.81. The molecule has 0 spiro atoms. The Hall–Kier alpha value is -2.66. The minimum Gasteiger partial charge on any atom is -0.346 e. The zero-order valence-electron chi connectivity index (χ0n) is 15.5. The third kappa shape index (κ3) is 4.37. The van der Waals surface area contributed by atoms with Gasteiger partial charge in [0.25, 0.3) is 0 Å². The monoisotopic (exact) mass is 383 g/mol. The molecule has 0 bridgehead atoms. The number of carbonyl (C=O) groups is 2. The van der Waals surface area contributed by atoms with Crippen LogP contribution in [-0.4, -0.2) is 49.6 Å². The van der Waals surface area contributed by atoms with E-state index < -0.39 is 0 Å². The highest BCUT2D eigenvalue weighted by atomic mass is 35.5. The molecule has 2 aromatic rings. The number of benzene rings is 2. The Morgan fingerprint density at radius 2 is 1.74 bits per heavy atom. The van der Waals surface area contributed by atoms with Gasteiger partial charge in [-0.2, -0.15) is 0 Å². The van der Waals surface area contributed by atoms with Crippen molar-refractivity contribution >= 4 is 34.8 Å². The van der Waals surface area contributed by atoms with Gasteiger partial charge in [0.1, 0.15) is 6.54 Å². The summed E-state index contributed by atoms with van der Waals surface area (Å²) in [5, 5.41) is 0.634. The summed E-state index contributed by atoms with van der Waals surface area (Å²) in [5.74, 6) is 0.263. The first kappa shape index (κ1) is 19.1. The zero-order chi connectivity index (χ0) is 19.4.